The third-order valence-electron chi connectivity index (χ3n) is 4.38. The first-order valence-electron chi connectivity index (χ1n) is 7.97. The Kier molecular flexibility index (Phi) is 4.99. The molecule has 0 amide bonds. The van der Waals surface area contributed by atoms with Gasteiger partial charge in [-0.05, 0) is 47.7 Å². The molecule has 0 fully saturated rings. The van der Waals surface area contributed by atoms with Crippen molar-refractivity contribution in [2.45, 2.75) is 17.9 Å². The second kappa shape index (κ2) is 7.04. The van der Waals surface area contributed by atoms with Crippen LogP contribution in [0, 0.1) is 0 Å². The van der Waals surface area contributed by atoms with Crippen molar-refractivity contribution in [1.82, 2.24) is 5.32 Å². The number of nitrogens with one attached hydrogen (secondary N) is 2. The lowest BCUT2D eigenvalue weighted by atomic mass is 10.0. The summed E-state index contributed by atoms with van der Waals surface area (Å²) >= 11 is 0. The van der Waals surface area contributed by atoms with Gasteiger partial charge in [0.1, 0.15) is 0 Å². The van der Waals surface area contributed by atoms with E-state index < -0.39 is 10.0 Å². The van der Waals surface area contributed by atoms with Gasteiger partial charge in [-0.1, -0.05) is 42.5 Å². The second-order valence-electron chi connectivity index (χ2n) is 5.99. The first kappa shape index (κ1) is 17.7. The highest BCUT2D eigenvalue weighted by molar-refractivity contribution is 7.93. The Labute approximate surface area is 153 Å². The monoisotopic (exact) mass is 374 g/mol. The average molecular weight is 375 g/mol. The third kappa shape index (κ3) is 3.49. The molecule has 0 spiro atoms. The maximum atomic E-state index is 12.9. The zero-order valence-corrected chi connectivity index (χ0v) is 15.2. The van der Waals surface area contributed by atoms with Gasteiger partial charge < -0.3 is 5.32 Å². The van der Waals surface area contributed by atoms with E-state index in [0.717, 1.165) is 35.8 Å². The molecule has 6 heteroatoms. The van der Waals surface area contributed by atoms with Crippen LogP contribution in [0.4, 0.5) is 5.69 Å². The lowest BCUT2D eigenvalue weighted by Gasteiger charge is -2.18. The van der Waals surface area contributed by atoms with Crippen LogP contribution in [0.2, 0.25) is 0 Å². The smallest absolute Gasteiger partial charge is 0.262 e. The standard InChI is InChI=1S/C19H18N2O2S.ClH/c22-24(23,19-7-3-5-15-4-1-2-6-18(15)19)21-17-9-8-14-10-11-20-13-16(14)12-17;/h1-9,12,20-21H,10-11,13H2;1H. The van der Waals surface area contributed by atoms with Crippen LogP contribution < -0.4 is 10.0 Å². The molecule has 0 saturated carbocycles. The van der Waals surface area contributed by atoms with Gasteiger partial charge in [0, 0.05) is 17.6 Å². The van der Waals surface area contributed by atoms with Crippen LogP contribution >= 0.6 is 12.4 Å². The van der Waals surface area contributed by atoms with E-state index in [0.29, 0.717) is 10.6 Å². The van der Waals surface area contributed by atoms with E-state index in [1.165, 1.54) is 5.56 Å². The molecule has 3 aromatic rings. The molecule has 0 aliphatic carbocycles. The summed E-state index contributed by atoms with van der Waals surface area (Å²) in [5, 5.41) is 4.95. The number of sulfonamides is 1. The fraction of sp³-hybridized carbons (Fsp3) is 0.158. The molecule has 0 aromatic heterocycles. The van der Waals surface area contributed by atoms with Gasteiger partial charge in [-0.25, -0.2) is 8.42 Å². The van der Waals surface area contributed by atoms with E-state index in [1.807, 2.05) is 48.5 Å². The Morgan fingerprint density at radius 2 is 1.72 bits per heavy atom. The van der Waals surface area contributed by atoms with Gasteiger partial charge in [0.05, 0.1) is 4.90 Å². The highest BCUT2D eigenvalue weighted by Gasteiger charge is 2.18. The molecule has 2 N–H and O–H groups in total. The molecule has 0 saturated heterocycles. The van der Waals surface area contributed by atoms with Crippen molar-refractivity contribution in [1.29, 1.82) is 0 Å². The average Bonchev–Trinajstić information content (AvgIpc) is 2.61. The molecule has 3 aromatic carbocycles. The summed E-state index contributed by atoms with van der Waals surface area (Å²) < 4.78 is 28.4. The fourth-order valence-electron chi connectivity index (χ4n) is 3.18. The summed E-state index contributed by atoms with van der Waals surface area (Å²) in [5.74, 6) is 0. The predicted molar refractivity (Wildman–Crippen MR) is 104 cm³/mol. The van der Waals surface area contributed by atoms with Crippen LogP contribution in [0.3, 0.4) is 0 Å². The SMILES string of the molecule is Cl.O=S(=O)(Nc1ccc2c(c1)CNCC2)c1cccc2ccccc12. The molecule has 25 heavy (non-hydrogen) atoms. The minimum Gasteiger partial charge on any atom is -0.312 e. The van der Waals surface area contributed by atoms with Gasteiger partial charge in [0.25, 0.3) is 10.0 Å². The summed E-state index contributed by atoms with van der Waals surface area (Å²) in [6.45, 7) is 1.74. The molecule has 4 nitrogen and oxygen atoms in total. The van der Waals surface area contributed by atoms with E-state index in [4.69, 9.17) is 0 Å². The molecule has 1 aliphatic heterocycles. The van der Waals surface area contributed by atoms with Crippen LogP contribution in [0.25, 0.3) is 10.8 Å². The fourth-order valence-corrected chi connectivity index (χ4v) is 4.46. The number of rotatable bonds is 3. The first-order chi connectivity index (χ1) is 11.6. The Balaban J connectivity index is 0.00000182. The number of hydrogen-bond donors (Lipinski definition) is 2. The van der Waals surface area contributed by atoms with E-state index in [2.05, 4.69) is 10.0 Å². The Bertz CT molecular complexity index is 1010. The Morgan fingerprint density at radius 1 is 0.920 bits per heavy atom. The molecule has 130 valence electrons. The topological polar surface area (TPSA) is 58.2 Å². The van der Waals surface area contributed by atoms with Crippen molar-refractivity contribution in [3.05, 3.63) is 71.8 Å². The van der Waals surface area contributed by atoms with Crippen LogP contribution in [0.15, 0.2) is 65.6 Å². The number of benzene rings is 3. The molecule has 0 bridgehead atoms. The maximum absolute atomic E-state index is 12.9. The molecular weight excluding hydrogens is 356 g/mol. The summed E-state index contributed by atoms with van der Waals surface area (Å²) in [7, 11) is -3.64. The van der Waals surface area contributed by atoms with Crippen molar-refractivity contribution in [3.63, 3.8) is 0 Å². The molecular formula is C19H19ClN2O2S. The minimum atomic E-state index is -3.64. The molecule has 1 aliphatic rings. The maximum Gasteiger partial charge on any atom is 0.262 e. The Hall–Kier alpha value is -2.08. The molecule has 4 rings (SSSR count). The van der Waals surface area contributed by atoms with Crippen molar-refractivity contribution in [2.75, 3.05) is 11.3 Å². The highest BCUT2D eigenvalue weighted by atomic mass is 35.5. The zero-order chi connectivity index (χ0) is 16.6. The summed E-state index contributed by atoms with van der Waals surface area (Å²) in [4.78, 5) is 0.302. The number of halogens is 1. The molecule has 0 radical (unpaired) electrons. The van der Waals surface area contributed by atoms with E-state index >= 15 is 0 Å². The van der Waals surface area contributed by atoms with Gasteiger partial charge in [-0.3, -0.25) is 4.72 Å². The predicted octanol–water partition coefficient (Wildman–Crippen LogP) is 3.71. The third-order valence-corrected chi connectivity index (χ3v) is 5.82. The number of fused-ring (bicyclic) bond motifs is 2. The molecule has 0 atom stereocenters. The van der Waals surface area contributed by atoms with Gasteiger partial charge in [0.15, 0.2) is 0 Å². The second-order valence-corrected chi connectivity index (χ2v) is 7.64. The zero-order valence-electron chi connectivity index (χ0n) is 13.5. The number of hydrogen-bond acceptors (Lipinski definition) is 3. The lowest BCUT2D eigenvalue weighted by Crippen LogP contribution is -2.23. The van der Waals surface area contributed by atoms with Gasteiger partial charge >= 0.3 is 0 Å². The van der Waals surface area contributed by atoms with Crippen LogP contribution in [0.5, 0.6) is 0 Å². The lowest BCUT2D eigenvalue weighted by molar-refractivity contribution is 0.602. The van der Waals surface area contributed by atoms with E-state index in [-0.39, 0.29) is 12.4 Å². The van der Waals surface area contributed by atoms with E-state index in [1.54, 1.807) is 12.1 Å². The summed E-state index contributed by atoms with van der Waals surface area (Å²) in [6.07, 6.45) is 0.978. The number of anilines is 1. The molecule has 1 heterocycles. The summed E-state index contributed by atoms with van der Waals surface area (Å²) in [5.41, 5.74) is 3.03. The van der Waals surface area contributed by atoms with Crippen molar-refractivity contribution >= 4 is 38.9 Å². The largest absolute Gasteiger partial charge is 0.312 e. The highest BCUT2D eigenvalue weighted by Crippen LogP contribution is 2.26. The van der Waals surface area contributed by atoms with Gasteiger partial charge in [0.2, 0.25) is 0 Å². The summed E-state index contributed by atoms with van der Waals surface area (Å²) in [6, 6.07) is 18.6. The van der Waals surface area contributed by atoms with Crippen molar-refractivity contribution in [3.8, 4) is 0 Å². The minimum absolute atomic E-state index is 0. The normalized spacial score (nSPS) is 13.8. The molecule has 0 unspecified atom stereocenters. The van der Waals surface area contributed by atoms with Crippen LogP contribution in [-0.2, 0) is 23.0 Å². The van der Waals surface area contributed by atoms with E-state index in [9.17, 15) is 8.42 Å². The van der Waals surface area contributed by atoms with Crippen molar-refractivity contribution in [2.24, 2.45) is 0 Å². The van der Waals surface area contributed by atoms with Gasteiger partial charge in [-0.2, -0.15) is 0 Å². The van der Waals surface area contributed by atoms with Crippen LogP contribution in [-0.4, -0.2) is 15.0 Å². The van der Waals surface area contributed by atoms with Gasteiger partial charge in [-0.15, -0.1) is 12.4 Å². The quantitative estimate of drug-likeness (QED) is 0.734. The van der Waals surface area contributed by atoms with Crippen molar-refractivity contribution < 1.29 is 8.42 Å². The Morgan fingerprint density at radius 3 is 2.60 bits per heavy atom. The first-order valence-corrected chi connectivity index (χ1v) is 9.45. The van der Waals surface area contributed by atoms with Crippen LogP contribution in [0.1, 0.15) is 11.1 Å².